The van der Waals surface area contributed by atoms with E-state index in [1.54, 1.807) is 116 Å². The first-order valence-corrected chi connectivity index (χ1v) is 33.6. The zero-order chi connectivity index (χ0) is 73.5. The number of amides is 5. The highest BCUT2D eigenvalue weighted by molar-refractivity contribution is 6.33. The predicted molar refractivity (Wildman–Crippen MR) is 386 cm³/mol. The van der Waals surface area contributed by atoms with E-state index in [2.05, 4.69) is 25.3 Å². The number of fused-ring (bicyclic) bond motifs is 2. The first kappa shape index (κ1) is 75.9. The van der Waals surface area contributed by atoms with Gasteiger partial charge < -0.3 is 75.8 Å². The minimum atomic E-state index is -0.977. The summed E-state index contributed by atoms with van der Waals surface area (Å²) in [5, 5.41) is 13.3. The van der Waals surface area contributed by atoms with Gasteiger partial charge in [-0.15, -0.1) is 0 Å². The Morgan fingerprint density at radius 1 is 0.490 bits per heavy atom. The number of carboxylic acid groups (broad SMARTS) is 1. The molecule has 2 aromatic carbocycles. The molecule has 102 heavy (non-hydrogen) atoms. The van der Waals surface area contributed by atoms with Crippen LogP contribution in [0.4, 0.5) is 28.8 Å². The standard InChI is InChI=1S/C27H28ClN5O4.C16H14Cl2N2O2.2C11H15N3O2.C7H8N2O2/c1-16-19(26(34)33-9-11-37-12-10-33)8-7-17(29-16)13-18-14-22(24-23(30-18)15-32(2)27(24)35)31-21-6-4-5-20(28)25(21)36-3;1-20-8-12-14(16(20)21)10(7-13(18)19-12)6-9-4-3-5-11(17)15(9)22-2;2*1-8-9(2-3-10(12)13-8)11(15)14-4-6-16-7-5-14;1-4-5(7(10)11)2-3-6(8)9-4/h4-8,14H,9-13,15H2,1-3H3,(H,30,31);3-5,7H,6,8H2,1-2H3;2*2-3H,4-7H2,1H3,(H2,12,13);2-3H,1H3,(H2,8,9)(H,10,11). The van der Waals surface area contributed by atoms with Gasteiger partial charge in [0.05, 0.1) is 156 Å². The second kappa shape index (κ2) is 34.9. The maximum absolute atomic E-state index is 12.9. The number of aromatic nitrogens is 6. The van der Waals surface area contributed by atoms with Crippen molar-refractivity contribution in [1.29, 1.82) is 0 Å². The lowest BCUT2D eigenvalue weighted by atomic mass is 9.99. The topological polar surface area (TPSA) is 352 Å². The fourth-order valence-corrected chi connectivity index (χ4v) is 12.5. The van der Waals surface area contributed by atoms with Gasteiger partial charge in [-0.05, 0) is 112 Å². The fourth-order valence-electron chi connectivity index (χ4n) is 11.7. The molecule has 0 spiro atoms. The Hall–Kier alpha value is -10.3. The summed E-state index contributed by atoms with van der Waals surface area (Å²) in [5.41, 5.74) is 28.1. The van der Waals surface area contributed by atoms with Gasteiger partial charge in [-0.1, -0.05) is 53.0 Å². The monoisotopic (exact) mass is 1450 g/mol. The summed E-state index contributed by atoms with van der Waals surface area (Å²) in [5.74, 6) is 1.21. The molecule has 6 aromatic heterocycles. The maximum Gasteiger partial charge on any atom is 0.337 e. The zero-order valence-corrected chi connectivity index (χ0v) is 60.0. The smallest absolute Gasteiger partial charge is 0.337 e. The van der Waals surface area contributed by atoms with Crippen LogP contribution in [-0.2, 0) is 40.1 Å². The number of nitrogen functional groups attached to an aromatic ring is 3. The Balaban J connectivity index is 0.000000159. The molecule has 0 aliphatic carbocycles. The molecule has 0 bridgehead atoms. The van der Waals surface area contributed by atoms with E-state index in [-0.39, 0.29) is 35.1 Å². The number of hydrogen-bond donors (Lipinski definition) is 5. The molecule has 0 unspecified atom stereocenters. The number of nitrogens with two attached hydrogens (primary N) is 3. The molecule has 5 aliphatic heterocycles. The summed E-state index contributed by atoms with van der Waals surface area (Å²) in [4.78, 5) is 107. The van der Waals surface area contributed by atoms with Crippen LogP contribution in [-0.4, -0.2) is 202 Å². The van der Waals surface area contributed by atoms with Crippen LogP contribution in [0, 0.1) is 27.7 Å². The van der Waals surface area contributed by atoms with E-state index >= 15 is 0 Å². The van der Waals surface area contributed by atoms with E-state index in [1.165, 1.54) is 12.1 Å². The Morgan fingerprint density at radius 3 is 1.36 bits per heavy atom. The number of ether oxygens (including phenoxy) is 5. The van der Waals surface area contributed by atoms with E-state index in [9.17, 15) is 28.8 Å². The molecular weight excluding hydrogens is 1370 g/mol. The number of hydrogen-bond acceptors (Lipinski definition) is 21. The van der Waals surface area contributed by atoms with E-state index in [4.69, 9.17) is 90.8 Å². The molecule has 11 heterocycles. The maximum atomic E-state index is 12.9. The molecule has 0 atom stereocenters. The lowest BCUT2D eigenvalue weighted by Crippen LogP contribution is -2.41. The molecule has 0 radical (unpaired) electrons. The Morgan fingerprint density at radius 2 is 0.912 bits per heavy atom. The Labute approximate surface area is 605 Å². The normalized spacial score (nSPS) is 14.5. The number of pyridine rings is 6. The number of benzene rings is 2. The average Bonchev–Trinajstić information content (AvgIpc) is 1.61. The van der Waals surface area contributed by atoms with Crippen molar-refractivity contribution < 1.29 is 57.6 Å². The van der Waals surface area contributed by atoms with Crippen molar-refractivity contribution in [3.05, 3.63) is 202 Å². The summed E-state index contributed by atoms with van der Waals surface area (Å²) >= 11 is 18.6. The second-order valence-electron chi connectivity index (χ2n) is 24.0. The number of nitrogens with one attached hydrogen (secondary N) is 1. The lowest BCUT2D eigenvalue weighted by Gasteiger charge is -2.27. The van der Waals surface area contributed by atoms with Crippen molar-refractivity contribution in [2.24, 2.45) is 0 Å². The Kier molecular flexibility index (Phi) is 25.9. The van der Waals surface area contributed by atoms with Crippen molar-refractivity contribution in [2.45, 2.75) is 53.6 Å². The molecule has 3 saturated heterocycles. The summed E-state index contributed by atoms with van der Waals surface area (Å²) in [6.07, 6.45) is 0.952. The summed E-state index contributed by atoms with van der Waals surface area (Å²) in [7, 11) is 6.63. The van der Waals surface area contributed by atoms with Gasteiger partial charge in [0.25, 0.3) is 29.5 Å². The molecule has 0 saturated carbocycles. The number of methoxy groups -OCH3 is 2. The van der Waals surface area contributed by atoms with Gasteiger partial charge in [-0.25, -0.2) is 24.7 Å². The third-order valence-electron chi connectivity index (χ3n) is 16.9. The summed E-state index contributed by atoms with van der Waals surface area (Å²) in [6.45, 7) is 15.2. The lowest BCUT2D eigenvalue weighted by molar-refractivity contribution is 0.0300. The number of aryl methyl sites for hydroxylation is 4. The van der Waals surface area contributed by atoms with Gasteiger partial charge in [0.15, 0.2) is 5.75 Å². The SMILES string of the molecule is COc1c(Cl)cccc1Cc1cc(Cl)nc2c1C(=O)N(C)C2.COc1c(Cl)cccc1Nc1cc(Cc2ccc(C(=O)N3CCOCC3)c(C)n2)nc2c1C(=O)N(C)C2.Cc1nc(N)ccc1C(=O)N1CCOCC1.Cc1nc(N)ccc1C(=O)N1CCOCC1.Cc1nc(N)ccc1C(=O)O. The van der Waals surface area contributed by atoms with Crippen molar-refractivity contribution >= 4 is 99.1 Å². The zero-order valence-electron chi connectivity index (χ0n) is 57.8. The molecule has 5 amide bonds. The molecule has 5 aliphatic rings. The van der Waals surface area contributed by atoms with Crippen LogP contribution in [0.5, 0.6) is 11.5 Å². The first-order valence-electron chi connectivity index (χ1n) is 32.5. The fraction of sp³-hybridized carbons (Fsp3) is 0.333. The van der Waals surface area contributed by atoms with Crippen molar-refractivity contribution in [3.8, 4) is 11.5 Å². The van der Waals surface area contributed by atoms with Crippen molar-refractivity contribution in [3.63, 3.8) is 0 Å². The predicted octanol–water partition coefficient (Wildman–Crippen LogP) is 8.97. The van der Waals surface area contributed by atoms with Gasteiger partial charge in [0.2, 0.25) is 0 Å². The summed E-state index contributed by atoms with van der Waals surface area (Å²) in [6, 6.07) is 27.9. The Bertz CT molecular complexity index is 4360. The average molecular weight is 1450 g/mol. The third kappa shape index (κ3) is 18.8. The number of carboxylic acids is 1. The number of morpholine rings is 3. The highest BCUT2D eigenvalue weighted by atomic mass is 35.5. The van der Waals surface area contributed by atoms with Crippen molar-refractivity contribution in [2.75, 3.05) is 130 Å². The molecule has 27 nitrogen and oxygen atoms in total. The first-order chi connectivity index (χ1) is 48.8. The van der Waals surface area contributed by atoms with E-state index in [0.29, 0.717) is 217 Å². The second-order valence-corrected chi connectivity index (χ2v) is 25.2. The molecule has 3 fully saturated rings. The van der Waals surface area contributed by atoms with Crippen LogP contribution >= 0.6 is 34.8 Å². The number of carbonyl (C=O) groups is 6. The minimum Gasteiger partial charge on any atom is -0.495 e. The molecular formula is C72H80Cl3N15O12. The number of rotatable bonds is 12. The van der Waals surface area contributed by atoms with Crippen LogP contribution in [0.3, 0.4) is 0 Å². The van der Waals surface area contributed by atoms with Gasteiger partial charge >= 0.3 is 5.97 Å². The van der Waals surface area contributed by atoms with Gasteiger partial charge in [0.1, 0.15) is 28.4 Å². The van der Waals surface area contributed by atoms with E-state index in [1.807, 2.05) is 49.4 Å². The van der Waals surface area contributed by atoms with E-state index in [0.717, 1.165) is 28.2 Å². The number of aromatic carboxylic acids is 1. The number of halogens is 3. The minimum absolute atomic E-state index is 0.00769. The molecule has 536 valence electrons. The van der Waals surface area contributed by atoms with Crippen LogP contribution in [0.2, 0.25) is 15.2 Å². The highest BCUT2D eigenvalue weighted by Crippen LogP contribution is 2.38. The van der Waals surface area contributed by atoms with Gasteiger partial charge in [-0.3, -0.25) is 33.9 Å². The van der Waals surface area contributed by atoms with Crippen LogP contribution in [0.1, 0.15) is 119 Å². The van der Waals surface area contributed by atoms with Crippen LogP contribution in [0.15, 0.2) is 97.1 Å². The number of carbonyl (C=O) groups excluding carboxylic acids is 5. The third-order valence-corrected chi connectivity index (χ3v) is 17.7. The van der Waals surface area contributed by atoms with Crippen LogP contribution in [0.25, 0.3) is 0 Å². The molecule has 8 N–H and O–H groups in total. The largest absolute Gasteiger partial charge is 0.495 e. The molecule has 30 heteroatoms. The number of para-hydroxylation sites is 2. The summed E-state index contributed by atoms with van der Waals surface area (Å²) < 4.78 is 26.6. The highest BCUT2D eigenvalue weighted by Gasteiger charge is 2.33. The van der Waals surface area contributed by atoms with Crippen molar-refractivity contribution in [1.82, 2.24) is 54.4 Å². The number of nitrogens with zero attached hydrogens (tertiary/aromatic N) is 11. The van der Waals surface area contributed by atoms with E-state index < -0.39 is 5.97 Å². The molecule has 8 aromatic rings. The van der Waals surface area contributed by atoms with Crippen LogP contribution < -0.4 is 32.0 Å². The number of anilines is 5. The molecule has 13 rings (SSSR count). The van der Waals surface area contributed by atoms with Gasteiger partial charge in [0, 0.05) is 83.2 Å². The van der Waals surface area contributed by atoms with Gasteiger partial charge in [-0.2, -0.15) is 0 Å². The quantitative estimate of drug-likeness (QED) is 0.0712.